The van der Waals surface area contributed by atoms with E-state index in [2.05, 4.69) is 41.7 Å². The van der Waals surface area contributed by atoms with Crippen LogP contribution in [0.2, 0.25) is 0 Å². The van der Waals surface area contributed by atoms with E-state index in [-0.39, 0.29) is 29.9 Å². The summed E-state index contributed by atoms with van der Waals surface area (Å²) in [4.78, 5) is 16.2. The molecule has 6 heteroatoms. The molecule has 3 N–H and O–H groups in total. The normalized spacial score (nSPS) is 13.4. The van der Waals surface area contributed by atoms with Gasteiger partial charge in [0, 0.05) is 26.2 Å². The zero-order valence-electron chi connectivity index (χ0n) is 15.2. The molecule has 0 saturated carbocycles. The number of hydrogen-bond acceptors (Lipinski definition) is 2. The van der Waals surface area contributed by atoms with E-state index in [1.807, 2.05) is 20.8 Å². The molecule has 0 aromatic carbocycles. The summed E-state index contributed by atoms with van der Waals surface area (Å²) in [5.41, 5.74) is -0.463. The first-order chi connectivity index (χ1) is 9.72. The van der Waals surface area contributed by atoms with Crippen LogP contribution in [0.3, 0.4) is 0 Å². The van der Waals surface area contributed by atoms with E-state index in [4.69, 9.17) is 0 Å². The van der Waals surface area contributed by atoms with E-state index < -0.39 is 5.41 Å². The Morgan fingerprint density at radius 3 is 2.18 bits per heavy atom. The van der Waals surface area contributed by atoms with Crippen molar-refractivity contribution in [3.63, 3.8) is 0 Å². The summed E-state index contributed by atoms with van der Waals surface area (Å²) in [6, 6.07) is 0.367. The highest BCUT2D eigenvalue weighted by molar-refractivity contribution is 14.0. The van der Waals surface area contributed by atoms with Crippen LogP contribution in [-0.2, 0) is 4.79 Å². The zero-order valence-corrected chi connectivity index (χ0v) is 17.6. The number of nitrogens with zero attached hydrogens (tertiary/aromatic N) is 1. The van der Waals surface area contributed by atoms with E-state index >= 15 is 0 Å². The first-order valence-electron chi connectivity index (χ1n) is 7.98. The quantitative estimate of drug-likeness (QED) is 0.318. The van der Waals surface area contributed by atoms with Gasteiger partial charge in [-0.05, 0) is 46.5 Å². The van der Waals surface area contributed by atoms with Crippen molar-refractivity contribution in [1.29, 1.82) is 0 Å². The first kappa shape index (κ1) is 23.7. The molecule has 0 bridgehead atoms. The molecule has 0 aliphatic heterocycles. The molecule has 0 aliphatic rings. The maximum atomic E-state index is 12.0. The molecule has 0 spiro atoms. The molecule has 132 valence electrons. The van der Waals surface area contributed by atoms with Gasteiger partial charge in [0.25, 0.3) is 0 Å². The first-order valence-corrected chi connectivity index (χ1v) is 7.98. The summed E-state index contributed by atoms with van der Waals surface area (Å²) in [7, 11) is 1.75. The molecule has 1 unspecified atom stereocenters. The predicted molar refractivity (Wildman–Crippen MR) is 106 cm³/mol. The Hall–Kier alpha value is -0.530. The number of amides is 1. The Morgan fingerprint density at radius 1 is 1.14 bits per heavy atom. The van der Waals surface area contributed by atoms with Gasteiger partial charge >= 0.3 is 0 Å². The van der Waals surface area contributed by atoms with Gasteiger partial charge in [-0.1, -0.05) is 13.8 Å². The molecule has 0 radical (unpaired) electrons. The summed E-state index contributed by atoms with van der Waals surface area (Å²) in [6.07, 6.45) is 2.30. The summed E-state index contributed by atoms with van der Waals surface area (Å²) in [6.45, 7) is 13.6. The van der Waals surface area contributed by atoms with Crippen LogP contribution in [0, 0.1) is 11.3 Å². The van der Waals surface area contributed by atoms with E-state index in [1.54, 1.807) is 7.05 Å². The lowest BCUT2D eigenvalue weighted by Gasteiger charge is -2.26. The molecule has 1 atom stereocenters. The Bertz CT molecular complexity index is 343. The van der Waals surface area contributed by atoms with Crippen molar-refractivity contribution in [2.24, 2.45) is 16.3 Å². The second-order valence-electron chi connectivity index (χ2n) is 6.69. The van der Waals surface area contributed by atoms with E-state index in [1.165, 1.54) is 6.42 Å². The highest BCUT2D eigenvalue weighted by Crippen LogP contribution is 2.13. The van der Waals surface area contributed by atoms with Crippen molar-refractivity contribution < 1.29 is 4.79 Å². The highest BCUT2D eigenvalue weighted by atomic mass is 127. The molecule has 5 nitrogen and oxygen atoms in total. The van der Waals surface area contributed by atoms with E-state index in [0.29, 0.717) is 25.0 Å². The third-order valence-corrected chi connectivity index (χ3v) is 3.43. The fraction of sp³-hybridized carbons (Fsp3) is 0.875. The Kier molecular flexibility index (Phi) is 12.9. The van der Waals surface area contributed by atoms with Gasteiger partial charge in [0.15, 0.2) is 5.96 Å². The topological polar surface area (TPSA) is 65.5 Å². The molecule has 0 aliphatic carbocycles. The van der Waals surface area contributed by atoms with Crippen LogP contribution in [0.15, 0.2) is 4.99 Å². The Balaban J connectivity index is 0. The molecule has 0 aromatic rings. The van der Waals surface area contributed by atoms with Crippen molar-refractivity contribution >= 4 is 35.8 Å². The second kappa shape index (κ2) is 12.0. The third kappa shape index (κ3) is 10.2. The molecule has 0 saturated heterocycles. The number of halogens is 1. The van der Waals surface area contributed by atoms with E-state index in [0.717, 1.165) is 12.4 Å². The lowest BCUT2D eigenvalue weighted by atomic mass is 9.92. The molecule has 22 heavy (non-hydrogen) atoms. The van der Waals surface area contributed by atoms with Crippen LogP contribution < -0.4 is 16.0 Å². The van der Waals surface area contributed by atoms with Gasteiger partial charge in [-0.3, -0.25) is 9.79 Å². The van der Waals surface area contributed by atoms with Crippen molar-refractivity contribution in [2.75, 3.05) is 20.1 Å². The minimum Gasteiger partial charge on any atom is -0.356 e. The number of hydrogen-bond donors (Lipinski definition) is 3. The maximum absolute atomic E-state index is 12.0. The van der Waals surface area contributed by atoms with Crippen LogP contribution in [-0.4, -0.2) is 38.0 Å². The lowest BCUT2D eigenvalue weighted by molar-refractivity contribution is -0.128. The third-order valence-electron chi connectivity index (χ3n) is 3.43. The number of carbonyl (C=O) groups is 1. The Morgan fingerprint density at radius 2 is 1.73 bits per heavy atom. The van der Waals surface area contributed by atoms with Crippen LogP contribution in [0.25, 0.3) is 0 Å². The Labute approximate surface area is 153 Å². The molecule has 0 fully saturated rings. The van der Waals surface area contributed by atoms with Crippen molar-refractivity contribution in [2.45, 2.75) is 60.4 Å². The number of nitrogens with one attached hydrogen (secondary N) is 3. The minimum absolute atomic E-state index is 0. The molecule has 0 aromatic heterocycles. The smallest absolute Gasteiger partial charge is 0.227 e. The minimum atomic E-state index is -0.463. The van der Waals surface area contributed by atoms with Gasteiger partial charge < -0.3 is 16.0 Å². The fourth-order valence-electron chi connectivity index (χ4n) is 1.87. The molecular weight excluding hydrogens is 391 g/mol. The SMILES string of the molecule is CCNC(=O)C(C)(C)CNC(=NC)NC(C)CCC(C)C.I. The average molecular weight is 426 g/mol. The maximum Gasteiger partial charge on any atom is 0.227 e. The van der Waals surface area contributed by atoms with Crippen LogP contribution in [0.5, 0.6) is 0 Å². The number of guanidine groups is 1. The summed E-state index contributed by atoms with van der Waals surface area (Å²) < 4.78 is 0. The van der Waals surface area contributed by atoms with Crippen molar-refractivity contribution in [3.05, 3.63) is 0 Å². The van der Waals surface area contributed by atoms with Gasteiger partial charge in [-0.15, -0.1) is 24.0 Å². The molecular formula is C16H35IN4O. The van der Waals surface area contributed by atoms with Gasteiger partial charge in [0.1, 0.15) is 0 Å². The fourth-order valence-corrected chi connectivity index (χ4v) is 1.87. The molecule has 1 amide bonds. The largest absolute Gasteiger partial charge is 0.356 e. The summed E-state index contributed by atoms with van der Waals surface area (Å²) >= 11 is 0. The van der Waals surface area contributed by atoms with Crippen LogP contribution in [0.4, 0.5) is 0 Å². The van der Waals surface area contributed by atoms with Crippen LogP contribution in [0.1, 0.15) is 54.4 Å². The number of carbonyl (C=O) groups excluding carboxylic acids is 1. The van der Waals surface area contributed by atoms with Crippen LogP contribution >= 0.6 is 24.0 Å². The predicted octanol–water partition coefficient (Wildman–Crippen LogP) is 2.76. The second-order valence-corrected chi connectivity index (χ2v) is 6.69. The van der Waals surface area contributed by atoms with E-state index in [9.17, 15) is 4.79 Å². The van der Waals surface area contributed by atoms with Gasteiger partial charge in [0.05, 0.1) is 5.41 Å². The zero-order chi connectivity index (χ0) is 16.5. The van der Waals surface area contributed by atoms with Crippen molar-refractivity contribution in [1.82, 2.24) is 16.0 Å². The summed E-state index contributed by atoms with van der Waals surface area (Å²) in [5.74, 6) is 1.52. The standard InChI is InChI=1S/C16H34N4O.HI/c1-8-18-14(21)16(5,6)11-19-15(17-7)20-13(4)10-9-12(2)3;/h12-13H,8-11H2,1-7H3,(H,18,21)(H2,17,19,20);1H. The lowest BCUT2D eigenvalue weighted by Crippen LogP contribution is -2.49. The van der Waals surface area contributed by atoms with Gasteiger partial charge in [0.2, 0.25) is 5.91 Å². The average Bonchev–Trinajstić information content (AvgIpc) is 2.41. The molecule has 0 heterocycles. The summed E-state index contributed by atoms with van der Waals surface area (Å²) in [5, 5.41) is 9.48. The number of rotatable bonds is 8. The monoisotopic (exact) mass is 426 g/mol. The molecule has 0 rings (SSSR count). The highest BCUT2D eigenvalue weighted by Gasteiger charge is 2.27. The number of aliphatic imine (C=N–C) groups is 1. The van der Waals surface area contributed by atoms with Gasteiger partial charge in [-0.25, -0.2) is 0 Å². The van der Waals surface area contributed by atoms with Crippen molar-refractivity contribution in [3.8, 4) is 0 Å². The van der Waals surface area contributed by atoms with Gasteiger partial charge in [-0.2, -0.15) is 0 Å².